The molecule has 0 aromatic heterocycles. The van der Waals surface area contributed by atoms with Gasteiger partial charge in [0.2, 0.25) is 0 Å². The molecule has 0 fully saturated rings. The fourth-order valence-electron chi connectivity index (χ4n) is 2.52. The first-order valence-corrected chi connectivity index (χ1v) is 6.12. The second-order valence-corrected chi connectivity index (χ2v) is 4.65. The van der Waals surface area contributed by atoms with Crippen molar-refractivity contribution in [1.29, 1.82) is 0 Å². The molecule has 1 aromatic rings. The van der Waals surface area contributed by atoms with Gasteiger partial charge in [-0.2, -0.15) is 0 Å². The summed E-state index contributed by atoms with van der Waals surface area (Å²) in [6, 6.07) is 6.66. The van der Waals surface area contributed by atoms with Gasteiger partial charge in [-0.25, -0.2) is 0 Å². The highest BCUT2D eigenvalue weighted by Crippen LogP contribution is 2.25. The molecule has 0 amide bonds. The maximum absolute atomic E-state index is 11.0. The van der Waals surface area contributed by atoms with Gasteiger partial charge in [-0.3, -0.25) is 4.79 Å². The molecule has 0 saturated carbocycles. The number of nitrogens with two attached hydrogens (primary N) is 1. The number of benzene rings is 1. The van der Waals surface area contributed by atoms with Crippen LogP contribution in [0.15, 0.2) is 18.2 Å². The van der Waals surface area contributed by atoms with Crippen LogP contribution in [0.5, 0.6) is 0 Å². The molecule has 1 atom stereocenters. The van der Waals surface area contributed by atoms with Crippen molar-refractivity contribution in [3.63, 3.8) is 0 Å². The van der Waals surface area contributed by atoms with Crippen molar-refractivity contribution in [1.82, 2.24) is 0 Å². The van der Waals surface area contributed by atoms with Gasteiger partial charge < -0.3 is 10.5 Å². The quantitative estimate of drug-likeness (QED) is 0.804. The Kier molecular flexibility index (Phi) is 3.79. The van der Waals surface area contributed by atoms with E-state index in [1.165, 1.54) is 23.8 Å². The minimum Gasteiger partial charge on any atom is -0.469 e. The van der Waals surface area contributed by atoms with Crippen molar-refractivity contribution >= 4 is 5.97 Å². The molecule has 0 spiro atoms. The van der Waals surface area contributed by atoms with Crippen LogP contribution in [0, 0.1) is 0 Å². The number of hydrogen-bond donors (Lipinski definition) is 1. The molecule has 1 aliphatic rings. The summed E-state index contributed by atoms with van der Waals surface area (Å²) in [7, 11) is 1.43. The normalized spacial score (nSPS) is 17.9. The maximum atomic E-state index is 11.0. The fourth-order valence-corrected chi connectivity index (χ4v) is 2.52. The molecule has 17 heavy (non-hydrogen) atoms. The third-order valence-electron chi connectivity index (χ3n) is 3.37. The van der Waals surface area contributed by atoms with E-state index < -0.39 is 0 Å². The van der Waals surface area contributed by atoms with Crippen molar-refractivity contribution in [3.8, 4) is 0 Å². The predicted molar refractivity (Wildman–Crippen MR) is 66.8 cm³/mol. The van der Waals surface area contributed by atoms with Crippen molar-refractivity contribution < 1.29 is 9.53 Å². The zero-order chi connectivity index (χ0) is 12.3. The molecule has 0 radical (unpaired) electrons. The average molecular weight is 233 g/mol. The molecule has 1 unspecified atom stereocenters. The summed E-state index contributed by atoms with van der Waals surface area (Å²) >= 11 is 0. The van der Waals surface area contributed by atoms with Crippen LogP contribution in [0.1, 0.15) is 29.5 Å². The van der Waals surface area contributed by atoms with Crippen molar-refractivity contribution in [2.24, 2.45) is 5.73 Å². The smallest absolute Gasteiger partial charge is 0.305 e. The summed E-state index contributed by atoms with van der Waals surface area (Å²) in [5.74, 6) is -0.130. The van der Waals surface area contributed by atoms with E-state index >= 15 is 0 Å². The van der Waals surface area contributed by atoms with Crippen LogP contribution in [0.2, 0.25) is 0 Å². The lowest BCUT2D eigenvalue weighted by Crippen LogP contribution is -2.19. The second kappa shape index (κ2) is 5.32. The molecule has 0 saturated heterocycles. The van der Waals surface area contributed by atoms with Crippen LogP contribution < -0.4 is 5.73 Å². The first kappa shape index (κ1) is 12.1. The summed E-state index contributed by atoms with van der Waals surface area (Å²) in [6.07, 6.45) is 4.24. The Morgan fingerprint density at radius 2 is 2.29 bits per heavy atom. The SMILES string of the molecule is COC(=O)CCCc1cccc2c1CC(N)C2. The third-order valence-corrected chi connectivity index (χ3v) is 3.37. The Bertz CT molecular complexity index is 415. The van der Waals surface area contributed by atoms with Crippen molar-refractivity contribution in [3.05, 3.63) is 34.9 Å². The first-order valence-electron chi connectivity index (χ1n) is 6.12. The average Bonchev–Trinajstić information content (AvgIpc) is 2.70. The van der Waals surface area contributed by atoms with Gasteiger partial charge in [-0.1, -0.05) is 18.2 Å². The minimum absolute atomic E-state index is 0.130. The van der Waals surface area contributed by atoms with Crippen LogP contribution in [0.4, 0.5) is 0 Å². The number of fused-ring (bicyclic) bond motifs is 1. The number of esters is 1. The summed E-state index contributed by atoms with van der Waals surface area (Å²) < 4.78 is 4.64. The van der Waals surface area contributed by atoms with E-state index in [4.69, 9.17) is 5.73 Å². The van der Waals surface area contributed by atoms with Gasteiger partial charge in [0.25, 0.3) is 0 Å². The summed E-state index contributed by atoms with van der Waals surface area (Å²) in [4.78, 5) is 11.0. The van der Waals surface area contributed by atoms with Crippen LogP contribution >= 0.6 is 0 Å². The Morgan fingerprint density at radius 3 is 3.06 bits per heavy atom. The van der Waals surface area contributed by atoms with Crippen LogP contribution in [0.3, 0.4) is 0 Å². The molecular weight excluding hydrogens is 214 g/mol. The van der Waals surface area contributed by atoms with E-state index in [0.717, 1.165) is 25.7 Å². The van der Waals surface area contributed by atoms with E-state index in [1.807, 2.05) is 0 Å². The van der Waals surface area contributed by atoms with Gasteiger partial charge in [0.05, 0.1) is 7.11 Å². The summed E-state index contributed by atoms with van der Waals surface area (Å²) in [6.45, 7) is 0. The Balaban J connectivity index is 1.98. The van der Waals surface area contributed by atoms with E-state index in [-0.39, 0.29) is 12.0 Å². The predicted octanol–water partition coefficient (Wildman–Crippen LogP) is 1.61. The molecule has 0 bridgehead atoms. The van der Waals surface area contributed by atoms with Gasteiger partial charge in [0.15, 0.2) is 0 Å². The highest BCUT2D eigenvalue weighted by molar-refractivity contribution is 5.69. The molecule has 3 nitrogen and oxygen atoms in total. The standard InChI is InChI=1S/C14H19NO2/c1-17-14(16)7-3-5-10-4-2-6-11-8-12(15)9-13(10)11/h2,4,6,12H,3,5,7-9,15H2,1H3. The van der Waals surface area contributed by atoms with Gasteiger partial charge in [-0.15, -0.1) is 0 Å². The van der Waals surface area contributed by atoms with Gasteiger partial charge in [-0.05, 0) is 42.4 Å². The Hall–Kier alpha value is -1.35. The van der Waals surface area contributed by atoms with Gasteiger partial charge in [0, 0.05) is 12.5 Å². The van der Waals surface area contributed by atoms with E-state index in [0.29, 0.717) is 6.42 Å². The largest absolute Gasteiger partial charge is 0.469 e. The summed E-state index contributed by atoms with van der Waals surface area (Å²) in [5, 5.41) is 0. The first-order chi connectivity index (χ1) is 8.20. The molecule has 92 valence electrons. The Labute approximate surface area is 102 Å². The van der Waals surface area contributed by atoms with Crippen molar-refractivity contribution in [2.45, 2.75) is 38.1 Å². The highest BCUT2D eigenvalue weighted by atomic mass is 16.5. The lowest BCUT2D eigenvalue weighted by molar-refractivity contribution is -0.140. The number of ether oxygens (including phenoxy) is 1. The van der Waals surface area contributed by atoms with E-state index in [1.54, 1.807) is 0 Å². The number of rotatable bonds is 4. The number of methoxy groups -OCH3 is 1. The lowest BCUT2D eigenvalue weighted by Gasteiger charge is -2.07. The molecular formula is C14H19NO2. The molecule has 3 heteroatoms. The minimum atomic E-state index is -0.130. The third kappa shape index (κ3) is 2.86. The maximum Gasteiger partial charge on any atom is 0.305 e. The number of carbonyl (C=O) groups excluding carboxylic acids is 1. The van der Waals surface area contributed by atoms with E-state index in [2.05, 4.69) is 22.9 Å². The molecule has 2 N–H and O–H groups in total. The second-order valence-electron chi connectivity index (χ2n) is 4.65. The molecule has 0 heterocycles. The number of hydrogen-bond acceptors (Lipinski definition) is 3. The van der Waals surface area contributed by atoms with Gasteiger partial charge >= 0.3 is 5.97 Å². The monoisotopic (exact) mass is 233 g/mol. The van der Waals surface area contributed by atoms with Crippen LogP contribution in [-0.4, -0.2) is 19.1 Å². The zero-order valence-corrected chi connectivity index (χ0v) is 10.2. The van der Waals surface area contributed by atoms with Gasteiger partial charge in [0.1, 0.15) is 0 Å². The Morgan fingerprint density at radius 1 is 1.47 bits per heavy atom. The van der Waals surface area contributed by atoms with Crippen LogP contribution in [0.25, 0.3) is 0 Å². The highest BCUT2D eigenvalue weighted by Gasteiger charge is 2.20. The molecule has 0 aliphatic heterocycles. The fraction of sp³-hybridized carbons (Fsp3) is 0.500. The van der Waals surface area contributed by atoms with Crippen LogP contribution in [-0.2, 0) is 28.8 Å². The van der Waals surface area contributed by atoms with E-state index in [9.17, 15) is 4.79 Å². The molecule has 1 aliphatic carbocycles. The number of aryl methyl sites for hydroxylation is 1. The lowest BCUT2D eigenvalue weighted by atomic mass is 9.99. The molecule has 1 aromatic carbocycles. The topological polar surface area (TPSA) is 52.3 Å². The summed E-state index contributed by atoms with van der Waals surface area (Å²) in [5.41, 5.74) is 10.1. The molecule has 2 rings (SSSR count). The number of carbonyl (C=O) groups is 1. The zero-order valence-electron chi connectivity index (χ0n) is 10.2. The van der Waals surface area contributed by atoms with Crippen molar-refractivity contribution in [2.75, 3.05) is 7.11 Å².